The van der Waals surface area contributed by atoms with Gasteiger partial charge in [-0.05, 0) is 42.7 Å². The summed E-state index contributed by atoms with van der Waals surface area (Å²) in [5.41, 5.74) is 1.92. The van der Waals surface area contributed by atoms with E-state index in [0.29, 0.717) is 0 Å². The number of hydrogen-bond donors (Lipinski definition) is 0. The van der Waals surface area contributed by atoms with Gasteiger partial charge in [-0.3, -0.25) is 9.69 Å². The van der Waals surface area contributed by atoms with Crippen molar-refractivity contribution in [2.24, 2.45) is 0 Å². The highest BCUT2D eigenvalue weighted by Crippen LogP contribution is 2.29. The van der Waals surface area contributed by atoms with Crippen LogP contribution in [0.5, 0.6) is 0 Å². The Morgan fingerprint density at radius 3 is 2.68 bits per heavy atom. The summed E-state index contributed by atoms with van der Waals surface area (Å²) in [4.78, 5) is 17.5. The maximum absolute atomic E-state index is 12.7. The lowest BCUT2D eigenvalue weighted by atomic mass is 10.2. The van der Waals surface area contributed by atoms with Crippen LogP contribution >= 0.6 is 11.5 Å². The quantitative estimate of drug-likeness (QED) is 0.535. The first kappa shape index (κ1) is 17.5. The zero-order valence-electron chi connectivity index (χ0n) is 15.9. The van der Waals surface area contributed by atoms with Crippen molar-refractivity contribution in [3.63, 3.8) is 0 Å². The molecule has 1 aliphatic rings. The molecule has 0 spiro atoms. The first-order valence-corrected chi connectivity index (χ1v) is 10.5. The lowest BCUT2D eigenvalue weighted by Crippen LogP contribution is -2.47. The highest BCUT2D eigenvalue weighted by molar-refractivity contribution is 7.13. The van der Waals surface area contributed by atoms with Crippen LogP contribution in [0.1, 0.15) is 5.69 Å². The predicted molar refractivity (Wildman–Crippen MR) is 115 cm³/mol. The smallest absolute Gasteiger partial charge is 0.274 e. The molecule has 0 unspecified atom stereocenters. The number of nitrogens with zero attached hydrogens (tertiary/aromatic N) is 5. The standard InChI is InChI=1S/C21H23N5OS/c1-16-6-7-18-21(27)25(14-15-26(16)18)13-10-23-8-11-24(12-9-23)20-17-4-2-3-5-19(17)28-22-20/h2-7,14-15H,8-13H2,1H3. The molecule has 0 atom stereocenters. The van der Waals surface area contributed by atoms with Crippen molar-refractivity contribution >= 4 is 33.0 Å². The van der Waals surface area contributed by atoms with Crippen molar-refractivity contribution < 1.29 is 0 Å². The normalized spacial score (nSPS) is 15.7. The van der Waals surface area contributed by atoms with E-state index in [0.717, 1.165) is 56.3 Å². The van der Waals surface area contributed by atoms with Crippen LogP contribution in [0.25, 0.3) is 15.6 Å². The molecule has 28 heavy (non-hydrogen) atoms. The molecule has 1 saturated heterocycles. The number of aryl methyl sites for hydroxylation is 1. The molecule has 6 nitrogen and oxygen atoms in total. The first-order chi connectivity index (χ1) is 13.7. The summed E-state index contributed by atoms with van der Waals surface area (Å²) in [5, 5.41) is 1.25. The lowest BCUT2D eigenvalue weighted by molar-refractivity contribution is 0.247. The molecular weight excluding hydrogens is 370 g/mol. The van der Waals surface area contributed by atoms with Gasteiger partial charge in [-0.2, -0.15) is 4.37 Å². The van der Waals surface area contributed by atoms with Crippen molar-refractivity contribution in [3.8, 4) is 0 Å². The maximum atomic E-state index is 12.7. The Labute approximate surface area is 167 Å². The van der Waals surface area contributed by atoms with Crippen molar-refractivity contribution in [3.05, 3.63) is 64.8 Å². The molecule has 5 rings (SSSR count). The van der Waals surface area contributed by atoms with Gasteiger partial charge < -0.3 is 13.9 Å². The van der Waals surface area contributed by atoms with Gasteiger partial charge in [0.25, 0.3) is 5.56 Å². The number of benzene rings is 1. The predicted octanol–water partition coefficient (Wildman–Crippen LogP) is 2.84. The van der Waals surface area contributed by atoms with Crippen molar-refractivity contribution in [2.75, 3.05) is 37.6 Å². The van der Waals surface area contributed by atoms with Crippen LogP contribution in [0.15, 0.2) is 53.6 Å². The molecule has 0 aliphatic carbocycles. The average Bonchev–Trinajstić information content (AvgIpc) is 3.32. The summed E-state index contributed by atoms with van der Waals surface area (Å²) in [5.74, 6) is 1.12. The van der Waals surface area contributed by atoms with Crippen molar-refractivity contribution in [1.29, 1.82) is 0 Å². The largest absolute Gasteiger partial charge is 0.353 e. The van der Waals surface area contributed by atoms with E-state index in [9.17, 15) is 4.79 Å². The molecule has 1 fully saturated rings. The lowest BCUT2D eigenvalue weighted by Gasteiger charge is -2.35. The second-order valence-electron chi connectivity index (χ2n) is 7.36. The summed E-state index contributed by atoms with van der Waals surface area (Å²) in [6, 6.07) is 12.3. The Balaban J connectivity index is 1.23. The molecule has 0 saturated carbocycles. The molecule has 0 bridgehead atoms. The van der Waals surface area contributed by atoms with E-state index in [2.05, 4.69) is 38.4 Å². The van der Waals surface area contributed by atoms with E-state index in [-0.39, 0.29) is 5.56 Å². The monoisotopic (exact) mass is 393 g/mol. The van der Waals surface area contributed by atoms with E-state index in [1.807, 2.05) is 40.4 Å². The Morgan fingerprint density at radius 2 is 1.82 bits per heavy atom. The topological polar surface area (TPSA) is 45.8 Å². The Morgan fingerprint density at radius 1 is 1.00 bits per heavy atom. The number of hydrogen-bond acceptors (Lipinski definition) is 5. The van der Waals surface area contributed by atoms with E-state index in [1.54, 1.807) is 11.5 Å². The zero-order valence-corrected chi connectivity index (χ0v) is 16.7. The van der Waals surface area contributed by atoms with Gasteiger partial charge in [0.05, 0.1) is 4.70 Å². The fourth-order valence-corrected chi connectivity index (χ4v) is 4.79. The summed E-state index contributed by atoms with van der Waals surface area (Å²) in [7, 11) is 0. The van der Waals surface area contributed by atoms with Crippen molar-refractivity contribution in [1.82, 2.24) is 18.2 Å². The molecule has 1 aliphatic heterocycles. The average molecular weight is 394 g/mol. The van der Waals surface area contributed by atoms with Gasteiger partial charge in [0.15, 0.2) is 0 Å². The third kappa shape index (κ3) is 3.00. The highest BCUT2D eigenvalue weighted by atomic mass is 32.1. The van der Waals surface area contributed by atoms with Crippen LogP contribution in [0.3, 0.4) is 0 Å². The number of piperazine rings is 1. The second-order valence-corrected chi connectivity index (χ2v) is 8.16. The summed E-state index contributed by atoms with van der Waals surface area (Å²) < 4.78 is 9.71. The van der Waals surface area contributed by atoms with Crippen LogP contribution in [0.2, 0.25) is 0 Å². The number of aromatic nitrogens is 3. The third-order valence-corrected chi connectivity index (χ3v) is 6.50. The number of fused-ring (bicyclic) bond motifs is 2. The first-order valence-electron chi connectivity index (χ1n) is 9.69. The Kier molecular flexibility index (Phi) is 4.41. The van der Waals surface area contributed by atoms with E-state index in [1.165, 1.54) is 10.1 Å². The van der Waals surface area contributed by atoms with Gasteiger partial charge in [-0.15, -0.1) is 0 Å². The molecule has 7 heteroatoms. The minimum absolute atomic E-state index is 0.0863. The zero-order chi connectivity index (χ0) is 19.1. The SMILES string of the molecule is Cc1ccc2c(=O)n(CCN3CCN(c4nsc5ccccc45)CC3)ccn12. The number of anilines is 1. The van der Waals surface area contributed by atoms with E-state index < -0.39 is 0 Å². The Hall–Kier alpha value is -2.64. The summed E-state index contributed by atoms with van der Waals surface area (Å²) >= 11 is 1.57. The van der Waals surface area contributed by atoms with Gasteiger partial charge >= 0.3 is 0 Å². The highest BCUT2D eigenvalue weighted by Gasteiger charge is 2.20. The van der Waals surface area contributed by atoms with Crippen LogP contribution < -0.4 is 10.5 Å². The number of rotatable bonds is 4. The van der Waals surface area contributed by atoms with Gasteiger partial charge in [-0.1, -0.05) is 12.1 Å². The van der Waals surface area contributed by atoms with Gasteiger partial charge in [0, 0.05) is 62.7 Å². The van der Waals surface area contributed by atoms with E-state index in [4.69, 9.17) is 0 Å². The van der Waals surface area contributed by atoms with E-state index >= 15 is 0 Å². The summed E-state index contributed by atoms with van der Waals surface area (Å²) in [6.07, 6.45) is 3.89. The molecule has 144 valence electrons. The Bertz CT molecular complexity index is 1180. The molecule has 1 aromatic carbocycles. The second kappa shape index (κ2) is 7.07. The van der Waals surface area contributed by atoms with Gasteiger partial charge in [-0.25, -0.2) is 0 Å². The maximum Gasteiger partial charge on any atom is 0.274 e. The van der Waals surface area contributed by atoms with Gasteiger partial charge in [0.1, 0.15) is 11.3 Å². The fourth-order valence-electron chi connectivity index (χ4n) is 3.99. The minimum atomic E-state index is 0.0863. The molecule has 0 N–H and O–H groups in total. The third-order valence-electron chi connectivity index (χ3n) is 5.68. The van der Waals surface area contributed by atoms with Crippen molar-refractivity contribution in [2.45, 2.75) is 13.5 Å². The summed E-state index contributed by atoms with van der Waals surface area (Å²) in [6.45, 7) is 7.56. The molecule has 4 aromatic rings. The van der Waals surface area contributed by atoms with Crippen LogP contribution in [0.4, 0.5) is 5.82 Å². The van der Waals surface area contributed by atoms with Gasteiger partial charge in [0.2, 0.25) is 0 Å². The molecule has 3 aromatic heterocycles. The van der Waals surface area contributed by atoms with Crippen LogP contribution in [-0.2, 0) is 6.54 Å². The molecule has 0 amide bonds. The van der Waals surface area contributed by atoms with Crippen LogP contribution in [0, 0.1) is 6.92 Å². The molecule has 0 radical (unpaired) electrons. The van der Waals surface area contributed by atoms with Crippen LogP contribution in [-0.4, -0.2) is 51.0 Å². The fraction of sp³-hybridized carbons (Fsp3) is 0.333. The molecule has 4 heterocycles. The molecular formula is C21H23N5OS. The minimum Gasteiger partial charge on any atom is -0.353 e.